The molecule has 0 aromatic heterocycles. The van der Waals surface area contributed by atoms with E-state index in [2.05, 4.69) is 16.7 Å². The van der Waals surface area contributed by atoms with Gasteiger partial charge >= 0.3 is 43.9 Å². The number of carboxylic acids is 1. The molecule has 30 heavy (non-hydrogen) atoms. The second-order valence-corrected chi connectivity index (χ2v) is 7.00. The number of carboxylic acid groups (broad SMARTS) is 1. The van der Waals surface area contributed by atoms with Gasteiger partial charge in [-0.25, -0.2) is 0 Å². The number of likely N-dealkylation sites (N-methyl/N-ethyl adjacent to an activating group) is 2. The molecule has 1 heterocycles. The molecule has 1 aliphatic rings. The number of carbonyl (C=O) groups is 1. The molecule has 12 heteroatoms. The van der Waals surface area contributed by atoms with Crippen LogP contribution in [0.4, 0.5) is 0 Å². The van der Waals surface area contributed by atoms with Gasteiger partial charge in [-0.05, 0) is 13.6 Å². The van der Waals surface area contributed by atoms with Crippen molar-refractivity contribution in [1.29, 1.82) is 0 Å². The first-order chi connectivity index (χ1) is 13.8. The normalized spacial score (nSPS) is 20.3. The minimum absolute atomic E-state index is 0. The molecule has 0 unspecified atom stereocenters. The summed E-state index contributed by atoms with van der Waals surface area (Å²) in [7, 11) is 2.03. The van der Waals surface area contributed by atoms with Gasteiger partial charge < -0.3 is 35.0 Å². The van der Waals surface area contributed by atoms with Crippen LogP contribution in [0.5, 0.6) is 0 Å². The third-order valence-electron chi connectivity index (χ3n) is 5.09. The second kappa shape index (κ2) is 19.5. The average molecular weight is 460 g/mol. The van der Waals surface area contributed by atoms with Gasteiger partial charge in [0.1, 0.15) is 0 Å². The summed E-state index contributed by atoms with van der Waals surface area (Å²) in [5.41, 5.74) is 0. The van der Waals surface area contributed by atoms with Crippen molar-refractivity contribution >= 4 is 49.9 Å². The van der Waals surface area contributed by atoms with E-state index >= 15 is 0 Å². The Labute approximate surface area is 208 Å². The van der Waals surface area contributed by atoms with E-state index < -0.39 is 24.7 Å². The predicted octanol–water partition coefficient (Wildman–Crippen LogP) is -4.64. The molecule has 0 aliphatic carbocycles. The van der Waals surface area contributed by atoms with Gasteiger partial charge in [0.25, 0.3) is 0 Å². The monoisotopic (exact) mass is 459 g/mol. The molecule has 170 valence electrons. The van der Waals surface area contributed by atoms with Crippen molar-refractivity contribution in [1.82, 2.24) is 19.6 Å². The number of rotatable bonds is 7. The molecule has 1 aliphatic heterocycles. The molecular weight excluding hydrogens is 424 g/mol. The van der Waals surface area contributed by atoms with Crippen LogP contribution >= 0.6 is 0 Å². The van der Waals surface area contributed by atoms with Crippen LogP contribution < -0.4 is 5.11 Å². The van der Waals surface area contributed by atoms with Crippen LogP contribution in [0.1, 0.15) is 6.92 Å². The van der Waals surface area contributed by atoms with Gasteiger partial charge in [-0.3, -0.25) is 9.80 Å². The molecule has 0 radical (unpaired) electrons. The molecule has 3 N–H and O–H groups in total. The molecule has 0 aromatic carbocycles. The fourth-order valence-corrected chi connectivity index (χ4v) is 3.20. The van der Waals surface area contributed by atoms with Crippen LogP contribution in [0.2, 0.25) is 0 Å². The number of nitrogens with zero attached hydrogens (tertiary/aromatic N) is 4. The Kier molecular flexibility index (Phi) is 20.8. The number of aliphatic hydroxyl groups excluding tert-OH is 3. The van der Waals surface area contributed by atoms with Crippen molar-refractivity contribution in [3.63, 3.8) is 0 Å². The molecule has 2 atom stereocenters. The van der Waals surface area contributed by atoms with E-state index in [9.17, 15) is 25.2 Å². The van der Waals surface area contributed by atoms with Gasteiger partial charge in [0, 0.05) is 58.9 Å². The fraction of sp³-hybridized carbons (Fsp3) is 0.889. The summed E-state index contributed by atoms with van der Waals surface area (Å²) in [5.74, 6) is -1.11. The van der Waals surface area contributed by atoms with Gasteiger partial charge in [-0.1, -0.05) is 6.92 Å². The Morgan fingerprint density at radius 2 is 1.43 bits per heavy atom. The van der Waals surface area contributed by atoms with Gasteiger partial charge in [0.05, 0.1) is 31.3 Å². The van der Waals surface area contributed by atoms with Crippen LogP contribution in [-0.4, -0.2) is 183 Å². The topological polar surface area (TPSA) is 148 Å². The van der Waals surface area contributed by atoms with Crippen LogP contribution in [0.3, 0.4) is 0 Å². The summed E-state index contributed by atoms with van der Waals surface area (Å²) < 4.78 is 0. The Hall–Kier alpha value is -0.170. The molecule has 1 rings (SSSR count). The van der Waals surface area contributed by atoms with Gasteiger partial charge in [-0.2, -0.15) is 9.59 Å². The number of hydrogen-bond donors (Lipinski definition) is 3. The summed E-state index contributed by atoms with van der Waals surface area (Å²) in [4.78, 5) is 35.5. The van der Waals surface area contributed by atoms with Crippen LogP contribution in [0.15, 0.2) is 0 Å². The van der Waals surface area contributed by atoms with Crippen molar-refractivity contribution in [3.8, 4) is 0 Å². The Bertz CT molecular complexity index is 483. The van der Waals surface area contributed by atoms with Crippen molar-refractivity contribution in [2.24, 2.45) is 0 Å². The van der Waals surface area contributed by atoms with E-state index in [1.165, 1.54) is 0 Å². The molecule has 1 fully saturated rings. The molecule has 1 saturated heterocycles. The third kappa shape index (κ3) is 14.0. The van der Waals surface area contributed by atoms with E-state index in [1.807, 2.05) is 16.8 Å². The summed E-state index contributed by atoms with van der Waals surface area (Å²) in [6.45, 7) is 7.71. The molecule has 0 bridgehead atoms. The van der Waals surface area contributed by atoms with Crippen molar-refractivity contribution in [2.45, 2.75) is 19.1 Å². The molecule has 0 spiro atoms. The zero-order chi connectivity index (χ0) is 22.2. The van der Waals surface area contributed by atoms with E-state index in [0.29, 0.717) is 26.2 Å². The van der Waals surface area contributed by atoms with Crippen molar-refractivity contribution < 1.29 is 34.8 Å². The van der Waals surface area contributed by atoms with Crippen LogP contribution in [0.25, 0.3) is 0 Å². The van der Waals surface area contributed by atoms with Crippen molar-refractivity contribution in [2.75, 3.05) is 85.7 Å². The Balaban J connectivity index is 0. The first-order valence-electron chi connectivity index (χ1n) is 9.79. The largest absolute Gasteiger partial charge is 2.00 e. The number of carbonyl (C=O) groups excluding carboxylic acids is 3. The predicted molar refractivity (Wildman–Crippen MR) is 107 cm³/mol. The maximum Gasteiger partial charge on any atom is 2.00 e. The first-order valence-corrected chi connectivity index (χ1v) is 9.79. The summed E-state index contributed by atoms with van der Waals surface area (Å²) in [6.07, 6.45) is -0.788. The minimum atomic E-state index is -1.11. The maximum atomic E-state index is 11.0. The van der Waals surface area contributed by atoms with Crippen LogP contribution in [-0.2, 0) is 14.4 Å². The third-order valence-corrected chi connectivity index (χ3v) is 5.09. The first kappa shape index (κ1) is 32.0. The van der Waals surface area contributed by atoms with Crippen molar-refractivity contribution in [3.05, 3.63) is 0 Å². The average Bonchev–Trinajstić information content (AvgIpc) is 2.68. The van der Waals surface area contributed by atoms with Gasteiger partial charge in [0.15, 0.2) is 0 Å². The molecule has 11 nitrogen and oxygen atoms in total. The SMILES string of the molecule is CCN1CCN(C)CCN(CC(=O)[O-])CCN([C@H](CO)[C@H](O)CO)CC1.O=C=O.[Ca+2]. The van der Waals surface area contributed by atoms with E-state index in [1.54, 1.807) is 0 Å². The summed E-state index contributed by atoms with van der Waals surface area (Å²) in [6, 6.07) is -0.575. The van der Waals surface area contributed by atoms with E-state index in [-0.39, 0.29) is 57.0 Å². The molecule has 0 aromatic rings. The van der Waals surface area contributed by atoms with Crippen LogP contribution in [0, 0.1) is 0 Å². The van der Waals surface area contributed by atoms with Gasteiger partial charge in [0.2, 0.25) is 0 Å². The van der Waals surface area contributed by atoms with E-state index in [4.69, 9.17) is 9.59 Å². The quantitative estimate of drug-likeness (QED) is 0.316. The fourth-order valence-electron chi connectivity index (χ4n) is 3.20. The molecule has 0 amide bonds. The standard InChI is InChI=1S/C17H36N4O5.CO2.Ca/c1-3-19-6-4-18(2)5-7-20(12-17(25)26)9-11-21(10-8-19)15(13-22)16(24)14-23;2-1-3;/h15-16,22-24H,3-14H2,1-2H3,(H,25,26);;/q;;+2/p-1/t15-,16-;;/m1../s1. The summed E-state index contributed by atoms with van der Waals surface area (Å²) in [5, 5.41) is 40.0. The second-order valence-electron chi connectivity index (χ2n) is 7.00. The number of aliphatic carboxylic acids is 1. The molecule has 0 saturated carbocycles. The number of aliphatic hydroxyl groups is 3. The summed E-state index contributed by atoms with van der Waals surface area (Å²) >= 11 is 0. The zero-order valence-electron chi connectivity index (χ0n) is 18.1. The zero-order valence-corrected chi connectivity index (χ0v) is 20.3. The Morgan fingerprint density at radius 1 is 0.967 bits per heavy atom. The Morgan fingerprint density at radius 3 is 1.87 bits per heavy atom. The van der Waals surface area contributed by atoms with Gasteiger partial charge in [-0.15, -0.1) is 0 Å². The number of hydrogen-bond acceptors (Lipinski definition) is 11. The van der Waals surface area contributed by atoms with E-state index in [0.717, 1.165) is 32.7 Å². The smallest absolute Gasteiger partial charge is 0.549 e. The molecular formula is C18H35CaN4O7+. The minimum Gasteiger partial charge on any atom is -0.549 e. The maximum absolute atomic E-state index is 11.0.